The maximum Gasteiger partial charge on any atom is 0.407 e. The molecule has 0 aliphatic heterocycles. The third-order valence-electron chi connectivity index (χ3n) is 2.89. The summed E-state index contributed by atoms with van der Waals surface area (Å²) in [4.78, 5) is 11.6. The van der Waals surface area contributed by atoms with E-state index in [2.05, 4.69) is 21.2 Å². The van der Waals surface area contributed by atoms with Gasteiger partial charge in [0.2, 0.25) is 0 Å². The van der Waals surface area contributed by atoms with Crippen molar-refractivity contribution in [2.24, 2.45) is 0 Å². The van der Waals surface area contributed by atoms with Crippen molar-refractivity contribution in [1.29, 1.82) is 0 Å². The van der Waals surface area contributed by atoms with E-state index in [9.17, 15) is 9.18 Å². The molecule has 2 unspecified atom stereocenters. The van der Waals surface area contributed by atoms with E-state index in [4.69, 9.17) is 4.74 Å². The first-order valence-electron chi connectivity index (χ1n) is 6.15. The number of ether oxygens (including phenoxy) is 1. The summed E-state index contributed by atoms with van der Waals surface area (Å²) in [5.41, 5.74) is -1.49. The monoisotopic (exact) mass is 329 g/mol. The number of halogens is 2. The third-order valence-corrected chi connectivity index (χ3v) is 3.38. The Bertz CT molecular complexity index is 500. The molecule has 1 fully saturated rings. The van der Waals surface area contributed by atoms with E-state index in [-0.39, 0.29) is 6.42 Å². The molecule has 0 bridgehead atoms. The number of hydrogen-bond acceptors (Lipinski definition) is 2. The first kappa shape index (κ1) is 14.3. The molecule has 0 spiro atoms. The van der Waals surface area contributed by atoms with Crippen LogP contribution in [-0.4, -0.2) is 17.7 Å². The fraction of sp³-hybridized carbons (Fsp3) is 0.500. The van der Waals surface area contributed by atoms with Crippen LogP contribution in [0.1, 0.15) is 32.8 Å². The van der Waals surface area contributed by atoms with Crippen molar-refractivity contribution in [3.05, 3.63) is 34.3 Å². The van der Waals surface area contributed by atoms with Crippen molar-refractivity contribution in [2.45, 2.75) is 44.5 Å². The van der Waals surface area contributed by atoms with Crippen LogP contribution in [0.15, 0.2) is 28.7 Å². The molecule has 0 aromatic heterocycles. The minimum absolute atomic E-state index is 0.280. The summed E-state index contributed by atoms with van der Waals surface area (Å²) < 4.78 is 20.5. The molecule has 2 atom stereocenters. The van der Waals surface area contributed by atoms with E-state index in [1.807, 2.05) is 6.07 Å². The number of alkyl halides is 1. The number of alkyl carbamates (subject to hydrolysis) is 1. The molecule has 1 N–H and O–H groups in total. The van der Waals surface area contributed by atoms with E-state index < -0.39 is 23.4 Å². The summed E-state index contributed by atoms with van der Waals surface area (Å²) in [5, 5.41) is 2.57. The van der Waals surface area contributed by atoms with Gasteiger partial charge >= 0.3 is 6.09 Å². The first-order valence-corrected chi connectivity index (χ1v) is 6.94. The molecular formula is C14H17BrFNO2. The van der Waals surface area contributed by atoms with Crippen molar-refractivity contribution in [3.63, 3.8) is 0 Å². The molecule has 104 valence electrons. The van der Waals surface area contributed by atoms with E-state index in [1.54, 1.807) is 39.0 Å². The SMILES string of the molecule is CC(C)(C)OC(=O)NC1CC1(F)c1cccc(Br)c1. The highest BCUT2D eigenvalue weighted by molar-refractivity contribution is 9.10. The number of amides is 1. The van der Waals surface area contributed by atoms with Gasteiger partial charge in [0.05, 0.1) is 6.04 Å². The highest BCUT2D eigenvalue weighted by atomic mass is 79.9. The lowest BCUT2D eigenvalue weighted by molar-refractivity contribution is 0.0511. The van der Waals surface area contributed by atoms with Crippen LogP contribution in [0.3, 0.4) is 0 Å². The van der Waals surface area contributed by atoms with Gasteiger partial charge in [-0.15, -0.1) is 0 Å². The van der Waals surface area contributed by atoms with Gasteiger partial charge < -0.3 is 10.1 Å². The van der Waals surface area contributed by atoms with Gasteiger partial charge in [-0.05, 0) is 38.5 Å². The largest absolute Gasteiger partial charge is 0.444 e. The van der Waals surface area contributed by atoms with Gasteiger partial charge in [-0.1, -0.05) is 28.1 Å². The minimum atomic E-state index is -1.49. The van der Waals surface area contributed by atoms with Gasteiger partial charge in [-0.2, -0.15) is 0 Å². The summed E-state index contributed by atoms with van der Waals surface area (Å²) in [6, 6.07) is 6.56. The topological polar surface area (TPSA) is 38.3 Å². The van der Waals surface area contributed by atoms with Crippen LogP contribution in [0, 0.1) is 0 Å². The molecule has 19 heavy (non-hydrogen) atoms. The molecule has 1 aromatic rings. The summed E-state index contributed by atoms with van der Waals surface area (Å²) in [5.74, 6) is 0. The van der Waals surface area contributed by atoms with Crippen LogP contribution >= 0.6 is 15.9 Å². The van der Waals surface area contributed by atoms with Crippen LogP contribution in [-0.2, 0) is 10.4 Å². The van der Waals surface area contributed by atoms with Crippen LogP contribution in [0.2, 0.25) is 0 Å². The van der Waals surface area contributed by atoms with E-state index in [0.717, 1.165) is 4.47 Å². The quantitative estimate of drug-likeness (QED) is 0.893. The highest BCUT2D eigenvalue weighted by Gasteiger charge is 2.58. The molecular weight excluding hydrogens is 313 g/mol. The predicted octanol–water partition coefficient (Wildman–Crippen LogP) is 3.91. The van der Waals surface area contributed by atoms with Gasteiger partial charge in [-0.25, -0.2) is 9.18 Å². The Labute approximate surface area is 120 Å². The molecule has 1 aliphatic carbocycles. The summed E-state index contributed by atoms with van der Waals surface area (Å²) >= 11 is 3.31. The van der Waals surface area contributed by atoms with Crippen molar-refractivity contribution in [2.75, 3.05) is 0 Å². The zero-order valence-corrected chi connectivity index (χ0v) is 12.8. The van der Waals surface area contributed by atoms with Crippen molar-refractivity contribution in [1.82, 2.24) is 5.32 Å². The smallest absolute Gasteiger partial charge is 0.407 e. The Morgan fingerprint density at radius 2 is 2.21 bits per heavy atom. The van der Waals surface area contributed by atoms with E-state index in [0.29, 0.717) is 5.56 Å². The minimum Gasteiger partial charge on any atom is -0.444 e. The van der Waals surface area contributed by atoms with Crippen molar-refractivity contribution < 1.29 is 13.9 Å². The fourth-order valence-electron chi connectivity index (χ4n) is 1.92. The van der Waals surface area contributed by atoms with Gasteiger partial charge in [0.1, 0.15) is 5.60 Å². The lowest BCUT2D eigenvalue weighted by atomic mass is 10.1. The van der Waals surface area contributed by atoms with Crippen LogP contribution in [0.25, 0.3) is 0 Å². The molecule has 5 heteroatoms. The average Bonchev–Trinajstić information content (AvgIpc) is 2.87. The van der Waals surface area contributed by atoms with Crippen LogP contribution in [0.4, 0.5) is 9.18 Å². The second-order valence-corrected chi connectivity index (χ2v) is 6.69. The first-order chi connectivity index (χ1) is 8.71. The van der Waals surface area contributed by atoms with Crippen molar-refractivity contribution >= 4 is 22.0 Å². The fourth-order valence-corrected chi connectivity index (χ4v) is 2.32. The Hall–Kier alpha value is -1.10. The molecule has 0 saturated heterocycles. The zero-order valence-electron chi connectivity index (χ0n) is 11.2. The molecule has 1 saturated carbocycles. The second-order valence-electron chi connectivity index (χ2n) is 5.78. The average molecular weight is 330 g/mol. The van der Waals surface area contributed by atoms with E-state index >= 15 is 0 Å². The Balaban J connectivity index is 1.98. The maximum absolute atomic E-state index is 14.6. The maximum atomic E-state index is 14.6. The standard InChI is InChI=1S/C14H17BrFNO2/c1-13(2,3)19-12(18)17-11-8-14(11,16)9-5-4-6-10(15)7-9/h4-7,11H,8H2,1-3H3,(H,17,18). The van der Waals surface area contributed by atoms with Gasteiger partial charge in [0.15, 0.2) is 5.67 Å². The van der Waals surface area contributed by atoms with Gasteiger partial charge in [0, 0.05) is 10.9 Å². The molecule has 2 rings (SSSR count). The van der Waals surface area contributed by atoms with Crippen LogP contribution < -0.4 is 5.32 Å². The normalized spacial score (nSPS) is 25.8. The third kappa shape index (κ3) is 3.47. The van der Waals surface area contributed by atoms with Gasteiger partial charge in [0.25, 0.3) is 0 Å². The van der Waals surface area contributed by atoms with Crippen LogP contribution in [0.5, 0.6) is 0 Å². The van der Waals surface area contributed by atoms with Gasteiger partial charge in [-0.3, -0.25) is 0 Å². The molecule has 0 radical (unpaired) electrons. The lowest BCUT2D eigenvalue weighted by Crippen LogP contribution is -2.35. The molecule has 1 aromatic carbocycles. The van der Waals surface area contributed by atoms with E-state index in [1.165, 1.54) is 0 Å². The Kier molecular flexibility index (Phi) is 3.60. The number of hydrogen-bond donors (Lipinski definition) is 1. The number of carbonyl (C=O) groups is 1. The Morgan fingerprint density at radius 3 is 2.79 bits per heavy atom. The predicted molar refractivity (Wildman–Crippen MR) is 74.7 cm³/mol. The number of carbonyl (C=O) groups excluding carboxylic acids is 1. The molecule has 1 amide bonds. The van der Waals surface area contributed by atoms with Crippen molar-refractivity contribution in [3.8, 4) is 0 Å². The second kappa shape index (κ2) is 4.78. The highest BCUT2D eigenvalue weighted by Crippen LogP contribution is 2.50. The zero-order chi connectivity index (χ0) is 14.3. The summed E-state index contributed by atoms with van der Waals surface area (Å²) in [6.07, 6.45) is -0.296. The molecule has 0 heterocycles. The number of rotatable bonds is 2. The molecule has 3 nitrogen and oxygen atoms in total. The molecule has 1 aliphatic rings. The number of nitrogens with one attached hydrogen (secondary N) is 1. The lowest BCUT2D eigenvalue weighted by Gasteiger charge is -2.20. The summed E-state index contributed by atoms with van der Waals surface area (Å²) in [7, 11) is 0. The Morgan fingerprint density at radius 1 is 1.53 bits per heavy atom. The summed E-state index contributed by atoms with van der Waals surface area (Å²) in [6.45, 7) is 5.32. The number of benzene rings is 1.